The van der Waals surface area contributed by atoms with Crippen LogP contribution in [0.2, 0.25) is 5.02 Å². The number of aryl methyl sites for hydroxylation is 1. The minimum Gasteiger partial charge on any atom is -0.466 e. The van der Waals surface area contributed by atoms with E-state index < -0.39 is 0 Å². The van der Waals surface area contributed by atoms with Gasteiger partial charge in [-0.05, 0) is 49.2 Å². The van der Waals surface area contributed by atoms with E-state index in [4.69, 9.17) is 22.1 Å². The molecule has 0 saturated heterocycles. The maximum atomic E-state index is 11.4. The summed E-state index contributed by atoms with van der Waals surface area (Å²) in [6, 6.07) is 13.0. The van der Waals surface area contributed by atoms with Gasteiger partial charge in [0, 0.05) is 28.3 Å². The lowest BCUT2D eigenvalue weighted by molar-refractivity contribution is -0.143. The SMILES string of the molecule is CCOC(=O)CCc1ccc(N)c(C#Cc2cccc(Cl)c2)c1. The lowest BCUT2D eigenvalue weighted by Crippen LogP contribution is -2.05. The van der Waals surface area contributed by atoms with Crippen molar-refractivity contribution >= 4 is 23.3 Å². The summed E-state index contributed by atoms with van der Waals surface area (Å²) in [6.45, 7) is 2.20. The molecule has 0 spiro atoms. The van der Waals surface area contributed by atoms with Crippen LogP contribution >= 0.6 is 11.6 Å². The van der Waals surface area contributed by atoms with Crippen molar-refractivity contribution in [2.45, 2.75) is 19.8 Å². The lowest BCUT2D eigenvalue weighted by Gasteiger charge is -2.05. The van der Waals surface area contributed by atoms with Crippen molar-refractivity contribution < 1.29 is 9.53 Å². The third-order valence-electron chi connectivity index (χ3n) is 3.21. The molecule has 0 heterocycles. The van der Waals surface area contributed by atoms with Crippen LogP contribution in [0.4, 0.5) is 5.69 Å². The Morgan fingerprint density at radius 2 is 2.04 bits per heavy atom. The Morgan fingerprint density at radius 1 is 1.22 bits per heavy atom. The zero-order valence-electron chi connectivity index (χ0n) is 12.9. The number of esters is 1. The highest BCUT2D eigenvalue weighted by atomic mass is 35.5. The van der Waals surface area contributed by atoms with Gasteiger partial charge in [-0.25, -0.2) is 0 Å². The molecule has 118 valence electrons. The van der Waals surface area contributed by atoms with E-state index in [1.165, 1.54) is 0 Å². The Hall–Kier alpha value is -2.44. The smallest absolute Gasteiger partial charge is 0.306 e. The molecule has 0 unspecified atom stereocenters. The van der Waals surface area contributed by atoms with Crippen molar-refractivity contribution in [3.05, 3.63) is 64.2 Å². The van der Waals surface area contributed by atoms with E-state index in [1.54, 1.807) is 19.1 Å². The van der Waals surface area contributed by atoms with E-state index in [-0.39, 0.29) is 5.97 Å². The van der Waals surface area contributed by atoms with Gasteiger partial charge in [-0.3, -0.25) is 4.79 Å². The highest BCUT2D eigenvalue weighted by Gasteiger charge is 2.04. The molecule has 2 aromatic rings. The fourth-order valence-corrected chi connectivity index (χ4v) is 2.24. The van der Waals surface area contributed by atoms with E-state index in [9.17, 15) is 4.79 Å². The zero-order valence-corrected chi connectivity index (χ0v) is 13.7. The Bertz CT molecular complexity index is 759. The predicted octanol–water partition coefficient (Wildman–Crippen LogP) is 3.82. The Kier molecular flexibility index (Phi) is 6.08. The molecular formula is C19H18ClNO2. The van der Waals surface area contributed by atoms with Crippen molar-refractivity contribution in [3.63, 3.8) is 0 Å². The number of ether oxygens (including phenoxy) is 1. The summed E-state index contributed by atoms with van der Waals surface area (Å²) in [5.74, 6) is 5.91. The zero-order chi connectivity index (χ0) is 16.7. The molecule has 0 radical (unpaired) electrons. The first-order valence-corrected chi connectivity index (χ1v) is 7.78. The third kappa shape index (κ3) is 5.36. The number of nitrogens with two attached hydrogens (primary N) is 1. The van der Waals surface area contributed by atoms with Crippen LogP contribution in [0.1, 0.15) is 30.0 Å². The Labute approximate surface area is 141 Å². The highest BCUT2D eigenvalue weighted by Crippen LogP contribution is 2.15. The van der Waals surface area contributed by atoms with Crippen LogP contribution in [0.3, 0.4) is 0 Å². The number of nitrogen functional groups attached to an aromatic ring is 1. The molecule has 0 amide bonds. The summed E-state index contributed by atoms with van der Waals surface area (Å²) in [4.78, 5) is 11.4. The predicted molar refractivity (Wildman–Crippen MR) is 93.2 cm³/mol. The normalized spacial score (nSPS) is 9.83. The molecule has 0 aliphatic carbocycles. The summed E-state index contributed by atoms with van der Waals surface area (Å²) >= 11 is 5.94. The van der Waals surface area contributed by atoms with Gasteiger partial charge in [0.25, 0.3) is 0 Å². The molecular weight excluding hydrogens is 310 g/mol. The lowest BCUT2D eigenvalue weighted by atomic mass is 10.0. The van der Waals surface area contributed by atoms with Gasteiger partial charge < -0.3 is 10.5 Å². The average Bonchev–Trinajstić information content (AvgIpc) is 2.53. The van der Waals surface area contributed by atoms with E-state index in [0.29, 0.717) is 30.2 Å². The van der Waals surface area contributed by atoms with Crippen LogP contribution in [0.25, 0.3) is 0 Å². The minimum absolute atomic E-state index is 0.198. The first kappa shape index (κ1) is 16.9. The third-order valence-corrected chi connectivity index (χ3v) is 3.44. The Morgan fingerprint density at radius 3 is 2.78 bits per heavy atom. The molecule has 0 atom stereocenters. The number of anilines is 1. The number of halogens is 1. The van der Waals surface area contributed by atoms with Crippen molar-refractivity contribution in [2.75, 3.05) is 12.3 Å². The monoisotopic (exact) mass is 327 g/mol. The second-order valence-electron chi connectivity index (χ2n) is 4.99. The number of hydrogen-bond acceptors (Lipinski definition) is 3. The molecule has 23 heavy (non-hydrogen) atoms. The second-order valence-corrected chi connectivity index (χ2v) is 5.42. The minimum atomic E-state index is -0.198. The Balaban J connectivity index is 2.13. The molecule has 0 bridgehead atoms. The van der Waals surface area contributed by atoms with Gasteiger partial charge >= 0.3 is 5.97 Å². The quantitative estimate of drug-likeness (QED) is 0.527. The van der Waals surface area contributed by atoms with Crippen LogP contribution in [0, 0.1) is 11.8 Å². The molecule has 2 N–H and O–H groups in total. The average molecular weight is 328 g/mol. The number of carbonyl (C=O) groups is 1. The molecule has 0 fully saturated rings. The summed E-state index contributed by atoms with van der Waals surface area (Å²) in [5, 5.41) is 0.646. The second kappa shape index (κ2) is 8.26. The summed E-state index contributed by atoms with van der Waals surface area (Å²) in [5.41, 5.74) is 9.15. The summed E-state index contributed by atoms with van der Waals surface area (Å²) in [6.07, 6.45) is 0.948. The van der Waals surface area contributed by atoms with Gasteiger partial charge in [0.15, 0.2) is 0 Å². The molecule has 2 aromatic carbocycles. The van der Waals surface area contributed by atoms with Gasteiger partial charge in [-0.1, -0.05) is 35.6 Å². The fraction of sp³-hybridized carbons (Fsp3) is 0.211. The molecule has 2 rings (SSSR count). The fourth-order valence-electron chi connectivity index (χ4n) is 2.05. The van der Waals surface area contributed by atoms with Crippen LogP contribution in [0.5, 0.6) is 0 Å². The topological polar surface area (TPSA) is 52.3 Å². The van der Waals surface area contributed by atoms with E-state index in [0.717, 1.165) is 16.7 Å². The van der Waals surface area contributed by atoms with Gasteiger partial charge in [0.1, 0.15) is 0 Å². The molecule has 0 aromatic heterocycles. The maximum absolute atomic E-state index is 11.4. The molecule has 0 aliphatic rings. The van der Waals surface area contributed by atoms with Crippen molar-refractivity contribution in [2.24, 2.45) is 0 Å². The van der Waals surface area contributed by atoms with Crippen molar-refractivity contribution in [1.82, 2.24) is 0 Å². The molecule has 0 saturated carbocycles. The van der Waals surface area contributed by atoms with Gasteiger partial charge in [-0.15, -0.1) is 0 Å². The number of carbonyl (C=O) groups excluding carboxylic acids is 1. The maximum Gasteiger partial charge on any atom is 0.306 e. The van der Waals surface area contributed by atoms with Gasteiger partial charge in [-0.2, -0.15) is 0 Å². The summed E-state index contributed by atoms with van der Waals surface area (Å²) in [7, 11) is 0. The first-order valence-electron chi connectivity index (χ1n) is 7.40. The van der Waals surface area contributed by atoms with Crippen molar-refractivity contribution in [3.8, 4) is 11.8 Å². The highest BCUT2D eigenvalue weighted by molar-refractivity contribution is 6.30. The molecule has 3 nitrogen and oxygen atoms in total. The van der Waals surface area contributed by atoms with Crippen molar-refractivity contribution in [1.29, 1.82) is 0 Å². The number of rotatable bonds is 4. The van der Waals surface area contributed by atoms with E-state index in [2.05, 4.69) is 11.8 Å². The van der Waals surface area contributed by atoms with E-state index in [1.807, 2.05) is 30.3 Å². The van der Waals surface area contributed by atoms with Crippen LogP contribution in [-0.4, -0.2) is 12.6 Å². The number of hydrogen-bond donors (Lipinski definition) is 1. The number of benzene rings is 2. The van der Waals surface area contributed by atoms with Crippen LogP contribution in [-0.2, 0) is 16.0 Å². The van der Waals surface area contributed by atoms with E-state index >= 15 is 0 Å². The van der Waals surface area contributed by atoms with Crippen LogP contribution in [0.15, 0.2) is 42.5 Å². The standard InChI is InChI=1S/C19H18ClNO2/c1-2-23-19(22)11-8-15-7-10-18(21)16(12-15)9-6-14-4-3-5-17(20)13-14/h3-5,7,10,12-13H,2,8,11,21H2,1H3. The largest absolute Gasteiger partial charge is 0.466 e. The first-order chi connectivity index (χ1) is 11.1. The molecule has 0 aliphatic heterocycles. The van der Waals surface area contributed by atoms with Gasteiger partial charge in [0.2, 0.25) is 0 Å². The summed E-state index contributed by atoms with van der Waals surface area (Å²) < 4.78 is 4.93. The molecule has 4 heteroatoms. The van der Waals surface area contributed by atoms with Gasteiger partial charge in [0.05, 0.1) is 6.61 Å². The van der Waals surface area contributed by atoms with Crippen LogP contribution < -0.4 is 5.73 Å².